The van der Waals surface area contributed by atoms with Gasteiger partial charge in [-0.15, -0.1) is 0 Å². The van der Waals surface area contributed by atoms with Crippen molar-refractivity contribution in [2.24, 2.45) is 0 Å². The first kappa shape index (κ1) is 18.6. The van der Waals surface area contributed by atoms with Gasteiger partial charge in [0.2, 0.25) is 0 Å². The van der Waals surface area contributed by atoms with E-state index in [1.54, 1.807) is 0 Å². The molecule has 12 heteroatoms. The second-order valence-electron chi connectivity index (χ2n) is 4.72. The van der Waals surface area contributed by atoms with Crippen molar-refractivity contribution in [1.29, 1.82) is 0 Å². The summed E-state index contributed by atoms with van der Waals surface area (Å²) in [5.74, 6) is -0.411. The lowest BCUT2D eigenvalue weighted by molar-refractivity contribution is 0.235. The van der Waals surface area contributed by atoms with E-state index < -0.39 is 16.3 Å². The molecule has 0 fully saturated rings. The normalized spacial score (nSPS) is 12.1. The summed E-state index contributed by atoms with van der Waals surface area (Å²) in [4.78, 5) is 54.8. The van der Waals surface area contributed by atoms with Gasteiger partial charge in [-0.2, -0.15) is 29.4 Å². The molecular formula is C12H16N2O8P2+2. The van der Waals surface area contributed by atoms with E-state index >= 15 is 0 Å². The third kappa shape index (κ3) is 5.13. The first-order valence-corrected chi connectivity index (χ1v) is 9.41. The van der Waals surface area contributed by atoms with Crippen LogP contribution in [0.3, 0.4) is 0 Å². The highest BCUT2D eigenvalue weighted by atomic mass is 31.2. The molecule has 0 unspecified atom stereocenters. The second kappa shape index (κ2) is 6.64. The summed E-state index contributed by atoms with van der Waals surface area (Å²) in [6.45, 7) is 0. The Labute approximate surface area is 137 Å². The summed E-state index contributed by atoms with van der Waals surface area (Å²) < 4.78 is 9.43. The van der Waals surface area contributed by atoms with Crippen LogP contribution in [0.15, 0.2) is 36.4 Å². The third-order valence-corrected chi connectivity index (χ3v) is 3.63. The number of anilines is 2. The lowest BCUT2D eigenvalue weighted by Crippen LogP contribution is -2.03. The maximum absolute atomic E-state index is 9.13. The van der Waals surface area contributed by atoms with Gasteiger partial charge in [0.1, 0.15) is 0 Å². The summed E-state index contributed by atoms with van der Waals surface area (Å²) in [6, 6.07) is 8.15. The minimum absolute atomic E-state index is 0.161. The SMILES string of the molecule is Nc1ccc(-c2ccc(N)cc2O[P+](O)(O)O)c(O[P+](O)(O)O)c1. The number of hydrogen-bond acceptors (Lipinski definition) is 10. The average Bonchev–Trinajstić information content (AvgIpc) is 2.36. The molecule has 0 heterocycles. The predicted molar refractivity (Wildman–Crippen MR) is 89.1 cm³/mol. The van der Waals surface area contributed by atoms with Gasteiger partial charge in [-0.1, -0.05) is 0 Å². The van der Waals surface area contributed by atoms with Crippen molar-refractivity contribution < 1.29 is 38.4 Å². The van der Waals surface area contributed by atoms with E-state index in [4.69, 9.17) is 49.9 Å². The van der Waals surface area contributed by atoms with E-state index in [0.717, 1.165) is 0 Å². The van der Waals surface area contributed by atoms with E-state index in [1.165, 1.54) is 36.4 Å². The van der Waals surface area contributed by atoms with Crippen molar-refractivity contribution in [1.82, 2.24) is 0 Å². The van der Waals surface area contributed by atoms with Crippen LogP contribution in [0.25, 0.3) is 11.1 Å². The molecule has 0 aromatic heterocycles. The Morgan fingerprint density at radius 2 is 0.958 bits per heavy atom. The highest BCUT2D eigenvalue weighted by Gasteiger charge is 2.38. The van der Waals surface area contributed by atoms with Crippen molar-refractivity contribution in [2.75, 3.05) is 11.5 Å². The third-order valence-electron chi connectivity index (χ3n) is 2.74. The predicted octanol–water partition coefficient (Wildman–Crippen LogP) is 0.585. The second-order valence-corrected chi connectivity index (χ2v) is 7.14. The highest BCUT2D eigenvalue weighted by Crippen LogP contribution is 2.53. The number of rotatable bonds is 5. The van der Waals surface area contributed by atoms with Gasteiger partial charge in [0.25, 0.3) is 0 Å². The van der Waals surface area contributed by atoms with Crippen LogP contribution >= 0.6 is 16.3 Å². The zero-order chi connectivity index (χ0) is 18.1. The fraction of sp³-hybridized carbons (Fsp3) is 0. The largest absolute Gasteiger partial charge is 0.613 e. The fourth-order valence-electron chi connectivity index (χ4n) is 1.94. The maximum atomic E-state index is 9.13. The molecule has 0 atom stereocenters. The van der Waals surface area contributed by atoms with Gasteiger partial charge in [-0.05, 0) is 24.3 Å². The van der Waals surface area contributed by atoms with Gasteiger partial charge in [0.15, 0.2) is 11.5 Å². The number of nitrogens with two attached hydrogens (primary N) is 2. The summed E-state index contributed by atoms with van der Waals surface area (Å²) in [6.07, 6.45) is 0. The Morgan fingerprint density at radius 1 is 0.625 bits per heavy atom. The molecule has 0 aliphatic heterocycles. The zero-order valence-electron chi connectivity index (χ0n) is 12.0. The summed E-state index contributed by atoms with van der Waals surface area (Å²) in [5, 5.41) is 0. The summed E-state index contributed by atoms with van der Waals surface area (Å²) in [5.41, 5.74) is 11.9. The Bertz CT molecular complexity index is 681. The lowest BCUT2D eigenvalue weighted by atomic mass is 10.0. The van der Waals surface area contributed by atoms with Crippen molar-refractivity contribution in [3.63, 3.8) is 0 Å². The van der Waals surface area contributed by atoms with Crippen LogP contribution in [0.5, 0.6) is 11.5 Å². The van der Waals surface area contributed by atoms with E-state index in [2.05, 4.69) is 0 Å². The van der Waals surface area contributed by atoms with Crippen molar-refractivity contribution in [2.45, 2.75) is 0 Å². The first-order chi connectivity index (χ1) is 10.9. The van der Waals surface area contributed by atoms with Crippen molar-refractivity contribution >= 4 is 27.7 Å². The van der Waals surface area contributed by atoms with Gasteiger partial charge in [0.05, 0.1) is 0 Å². The number of hydrogen-bond donors (Lipinski definition) is 8. The van der Waals surface area contributed by atoms with Gasteiger partial charge in [-0.3, -0.25) is 9.05 Å². The van der Waals surface area contributed by atoms with Crippen molar-refractivity contribution in [3.8, 4) is 22.6 Å². The van der Waals surface area contributed by atoms with Gasteiger partial charge in [0, 0.05) is 34.6 Å². The van der Waals surface area contributed by atoms with Gasteiger partial charge in [-0.25, -0.2) is 0 Å². The Hall–Kier alpha value is -1.74. The molecule has 24 heavy (non-hydrogen) atoms. The average molecular weight is 378 g/mol. The van der Waals surface area contributed by atoms with Crippen molar-refractivity contribution in [3.05, 3.63) is 36.4 Å². The van der Waals surface area contributed by atoms with Gasteiger partial charge < -0.3 is 11.5 Å². The molecule has 0 saturated heterocycles. The van der Waals surface area contributed by atoms with E-state index in [0.29, 0.717) is 0 Å². The van der Waals surface area contributed by atoms with Crippen LogP contribution in [0.2, 0.25) is 0 Å². The minimum Gasteiger partial charge on any atom is -0.399 e. The standard InChI is InChI=1S/C12H16N2O8P2/c13-7-1-3-9(11(5-7)21-23(15,16)17)10-4-2-8(14)6-12(10)22-24(18,19)20/h1-6,15-20H,13-14H2/q+2. The molecule has 0 bridgehead atoms. The van der Waals surface area contributed by atoms with Crippen LogP contribution in [0, 0.1) is 0 Å². The molecule has 0 amide bonds. The monoisotopic (exact) mass is 378 g/mol. The minimum atomic E-state index is -4.63. The quantitative estimate of drug-likeness (QED) is 0.270. The number of nitrogen functional groups attached to an aromatic ring is 2. The van der Waals surface area contributed by atoms with Crippen LogP contribution in [0.1, 0.15) is 0 Å². The summed E-state index contributed by atoms with van der Waals surface area (Å²) in [7, 11) is -9.27. The molecule has 2 aromatic rings. The van der Waals surface area contributed by atoms with Crippen LogP contribution in [-0.4, -0.2) is 29.4 Å². The highest BCUT2D eigenvalue weighted by molar-refractivity contribution is 7.54. The fourth-order valence-corrected chi connectivity index (χ4v) is 2.77. The molecule has 130 valence electrons. The molecule has 0 spiro atoms. The topological polar surface area (TPSA) is 192 Å². The van der Waals surface area contributed by atoms with Gasteiger partial charge >= 0.3 is 16.3 Å². The smallest absolute Gasteiger partial charge is 0.399 e. The van der Waals surface area contributed by atoms with E-state index in [1.807, 2.05) is 0 Å². The van der Waals surface area contributed by atoms with E-state index in [-0.39, 0.29) is 34.0 Å². The number of benzene rings is 2. The zero-order valence-corrected chi connectivity index (χ0v) is 13.8. The molecule has 0 saturated carbocycles. The van der Waals surface area contributed by atoms with Crippen LogP contribution < -0.4 is 20.5 Å². The molecular weight excluding hydrogens is 362 g/mol. The molecule has 10 nitrogen and oxygen atoms in total. The summed E-state index contributed by atoms with van der Waals surface area (Å²) >= 11 is 0. The lowest BCUT2D eigenvalue weighted by Gasteiger charge is -2.14. The first-order valence-electron chi connectivity index (χ1n) is 6.28. The molecule has 2 rings (SSSR count). The molecule has 0 radical (unpaired) electrons. The Morgan fingerprint density at radius 3 is 1.25 bits per heavy atom. The van der Waals surface area contributed by atoms with Crippen LogP contribution in [0.4, 0.5) is 11.4 Å². The molecule has 0 aliphatic carbocycles. The van der Waals surface area contributed by atoms with E-state index in [9.17, 15) is 0 Å². The molecule has 0 aliphatic rings. The molecule has 2 aromatic carbocycles. The Balaban J connectivity index is 2.59. The Kier molecular flexibility index (Phi) is 5.14. The maximum Gasteiger partial charge on any atom is 0.613 e. The molecule has 10 N–H and O–H groups in total. The van der Waals surface area contributed by atoms with Crippen LogP contribution in [-0.2, 0) is 0 Å².